The monoisotopic (exact) mass is 420 g/mol. The van der Waals surface area contributed by atoms with Crippen LogP contribution in [-0.4, -0.2) is 51.3 Å². The number of hydrogen-bond donors (Lipinski definition) is 1. The Balaban J connectivity index is 0.000000527. The van der Waals surface area contributed by atoms with Crippen LogP contribution in [-0.2, 0) is 19.3 Å². The van der Waals surface area contributed by atoms with Crippen LogP contribution < -0.4 is 0 Å². The third-order valence-electron chi connectivity index (χ3n) is 4.17. The molecule has 1 N–H and O–H groups in total. The maximum absolute atomic E-state index is 12.1. The molecule has 156 valence electrons. The van der Waals surface area contributed by atoms with Gasteiger partial charge in [0.25, 0.3) is 0 Å². The molecule has 1 unspecified atom stereocenters. The molecule has 1 atom stereocenters. The SMILES string of the molecule is Cc1ccc(S(=O)(=O)CCCCOC2CCCCO2)cc1.OCCCCCl. The average molecular weight is 421 g/mol. The molecule has 0 bridgehead atoms. The van der Waals surface area contributed by atoms with Crippen molar-refractivity contribution in [1.29, 1.82) is 0 Å². The molecule has 5 nitrogen and oxygen atoms in total. The van der Waals surface area contributed by atoms with Crippen LogP contribution in [0.3, 0.4) is 0 Å². The molecule has 0 spiro atoms. The van der Waals surface area contributed by atoms with Crippen molar-refractivity contribution in [3.63, 3.8) is 0 Å². The molecule has 7 heteroatoms. The zero-order valence-corrected chi connectivity index (χ0v) is 17.8. The number of alkyl halides is 1. The summed E-state index contributed by atoms with van der Waals surface area (Å²) in [6.07, 6.45) is 6.23. The van der Waals surface area contributed by atoms with Gasteiger partial charge in [0.15, 0.2) is 16.1 Å². The first kappa shape index (κ1) is 24.4. The maximum atomic E-state index is 12.1. The number of hydrogen-bond acceptors (Lipinski definition) is 5. The smallest absolute Gasteiger partial charge is 0.178 e. The predicted octanol–water partition coefficient (Wildman–Crippen LogP) is 4.09. The van der Waals surface area contributed by atoms with E-state index in [1.807, 2.05) is 19.1 Å². The minimum Gasteiger partial charge on any atom is -0.396 e. The van der Waals surface area contributed by atoms with Gasteiger partial charge in [-0.15, -0.1) is 11.6 Å². The van der Waals surface area contributed by atoms with Gasteiger partial charge in [0.2, 0.25) is 0 Å². The molecule has 0 saturated carbocycles. The molecule has 1 fully saturated rings. The molecule has 0 amide bonds. The molecule has 2 rings (SSSR count). The van der Waals surface area contributed by atoms with E-state index in [0.29, 0.717) is 23.8 Å². The van der Waals surface area contributed by atoms with Gasteiger partial charge in [-0.05, 0) is 64.0 Å². The first-order valence-corrected chi connectivity index (χ1v) is 11.9. The normalized spacial score (nSPS) is 17.2. The number of unbranched alkanes of at least 4 members (excludes halogenated alkanes) is 2. The predicted molar refractivity (Wildman–Crippen MR) is 109 cm³/mol. The third kappa shape index (κ3) is 11.1. The lowest BCUT2D eigenvalue weighted by atomic mass is 10.2. The van der Waals surface area contributed by atoms with Gasteiger partial charge < -0.3 is 14.6 Å². The molecule has 27 heavy (non-hydrogen) atoms. The Hall–Kier alpha value is -0.660. The van der Waals surface area contributed by atoms with E-state index in [9.17, 15) is 8.42 Å². The molecular formula is C20H33ClO5S. The molecule has 1 aliphatic rings. The fourth-order valence-corrected chi connectivity index (χ4v) is 4.08. The van der Waals surface area contributed by atoms with Gasteiger partial charge in [-0.2, -0.15) is 0 Å². The van der Waals surface area contributed by atoms with E-state index in [4.69, 9.17) is 26.2 Å². The summed E-state index contributed by atoms with van der Waals surface area (Å²) in [4.78, 5) is 0.407. The molecule has 1 heterocycles. The van der Waals surface area contributed by atoms with Crippen molar-refractivity contribution in [2.75, 3.05) is 31.5 Å². The lowest BCUT2D eigenvalue weighted by Gasteiger charge is -2.22. The zero-order valence-electron chi connectivity index (χ0n) is 16.2. The van der Waals surface area contributed by atoms with Crippen LogP contribution >= 0.6 is 11.6 Å². The number of aryl methyl sites for hydroxylation is 1. The number of benzene rings is 1. The van der Waals surface area contributed by atoms with Gasteiger partial charge in [0.1, 0.15) is 0 Å². The zero-order chi connectivity index (χ0) is 20.0. The Morgan fingerprint density at radius 2 is 1.89 bits per heavy atom. The van der Waals surface area contributed by atoms with Gasteiger partial charge in [-0.1, -0.05) is 17.7 Å². The van der Waals surface area contributed by atoms with E-state index >= 15 is 0 Å². The Labute approximate surface area is 168 Å². The highest BCUT2D eigenvalue weighted by molar-refractivity contribution is 7.91. The van der Waals surface area contributed by atoms with Gasteiger partial charge >= 0.3 is 0 Å². The molecule has 0 aromatic heterocycles. The number of sulfone groups is 1. The topological polar surface area (TPSA) is 72.8 Å². The fraction of sp³-hybridized carbons (Fsp3) is 0.700. The Bertz CT molecular complexity index is 579. The van der Waals surface area contributed by atoms with Crippen LogP contribution in [0.2, 0.25) is 0 Å². The largest absolute Gasteiger partial charge is 0.396 e. The van der Waals surface area contributed by atoms with E-state index in [2.05, 4.69) is 0 Å². The maximum Gasteiger partial charge on any atom is 0.178 e. The molecule has 1 aliphatic heterocycles. The van der Waals surface area contributed by atoms with E-state index in [1.54, 1.807) is 12.1 Å². The Kier molecular flexibility index (Phi) is 13.0. The van der Waals surface area contributed by atoms with Crippen LogP contribution in [0.1, 0.15) is 50.5 Å². The second-order valence-electron chi connectivity index (χ2n) is 6.63. The number of halogens is 1. The summed E-state index contributed by atoms with van der Waals surface area (Å²) >= 11 is 5.27. The van der Waals surface area contributed by atoms with E-state index < -0.39 is 9.84 Å². The van der Waals surface area contributed by atoms with Gasteiger partial charge in [-0.25, -0.2) is 8.42 Å². The van der Waals surface area contributed by atoms with Crippen molar-refractivity contribution in [3.8, 4) is 0 Å². The fourth-order valence-electron chi connectivity index (χ4n) is 2.52. The highest BCUT2D eigenvalue weighted by Crippen LogP contribution is 2.16. The molecule has 0 radical (unpaired) electrons. The molecule has 1 aromatic carbocycles. The third-order valence-corrected chi connectivity index (χ3v) is 6.25. The quantitative estimate of drug-likeness (QED) is 0.456. The first-order chi connectivity index (χ1) is 13.0. The highest BCUT2D eigenvalue weighted by atomic mass is 35.5. The number of ether oxygens (including phenoxy) is 2. The van der Waals surface area contributed by atoms with Crippen LogP contribution in [0, 0.1) is 6.92 Å². The van der Waals surface area contributed by atoms with E-state index in [1.165, 1.54) is 0 Å². The van der Waals surface area contributed by atoms with Crippen molar-refractivity contribution in [1.82, 2.24) is 0 Å². The van der Waals surface area contributed by atoms with Gasteiger partial charge in [0.05, 0.1) is 10.6 Å². The van der Waals surface area contributed by atoms with Crippen molar-refractivity contribution in [2.24, 2.45) is 0 Å². The lowest BCUT2D eigenvalue weighted by molar-refractivity contribution is -0.162. The first-order valence-electron chi connectivity index (χ1n) is 9.69. The summed E-state index contributed by atoms with van der Waals surface area (Å²) in [5.41, 5.74) is 1.06. The van der Waals surface area contributed by atoms with Crippen LogP contribution in [0.15, 0.2) is 29.2 Å². The van der Waals surface area contributed by atoms with Crippen LogP contribution in [0.5, 0.6) is 0 Å². The minimum atomic E-state index is -3.17. The van der Waals surface area contributed by atoms with Crippen molar-refractivity contribution >= 4 is 21.4 Å². The van der Waals surface area contributed by atoms with Crippen molar-refractivity contribution in [3.05, 3.63) is 29.8 Å². The molecule has 1 saturated heterocycles. The van der Waals surface area contributed by atoms with Crippen molar-refractivity contribution < 1.29 is 23.0 Å². The summed E-state index contributed by atoms with van der Waals surface area (Å²) in [6.45, 7) is 3.55. The second kappa shape index (κ2) is 14.4. The number of aliphatic hydroxyl groups excluding tert-OH is 1. The Morgan fingerprint density at radius 1 is 1.15 bits per heavy atom. The molecular weight excluding hydrogens is 388 g/mol. The molecule has 0 aliphatic carbocycles. The highest BCUT2D eigenvalue weighted by Gasteiger charge is 2.15. The van der Waals surface area contributed by atoms with Gasteiger partial charge in [0, 0.05) is 25.7 Å². The van der Waals surface area contributed by atoms with Crippen LogP contribution in [0.25, 0.3) is 0 Å². The van der Waals surface area contributed by atoms with E-state index in [-0.39, 0.29) is 18.6 Å². The summed E-state index contributed by atoms with van der Waals surface area (Å²) in [7, 11) is -3.17. The van der Waals surface area contributed by atoms with E-state index in [0.717, 1.165) is 50.7 Å². The minimum absolute atomic E-state index is 0.0903. The average Bonchev–Trinajstić information content (AvgIpc) is 2.68. The summed E-state index contributed by atoms with van der Waals surface area (Å²) in [5.74, 6) is 0.839. The Morgan fingerprint density at radius 3 is 2.44 bits per heavy atom. The van der Waals surface area contributed by atoms with Gasteiger partial charge in [-0.3, -0.25) is 0 Å². The number of rotatable bonds is 10. The molecule has 1 aromatic rings. The summed E-state index contributed by atoms with van der Waals surface area (Å²) in [6, 6.07) is 7.01. The number of aliphatic hydroxyl groups is 1. The standard InChI is InChI=1S/C16H24O4S.C4H9ClO/c1-14-7-9-15(10-8-14)21(17,18)13-5-4-12-20-16-6-2-3-11-19-16;5-3-1-2-4-6/h7-10,16H,2-6,11-13H2,1H3;6H,1-4H2. The van der Waals surface area contributed by atoms with Crippen LogP contribution in [0.4, 0.5) is 0 Å². The summed E-state index contributed by atoms with van der Waals surface area (Å²) in [5, 5.41) is 8.14. The second-order valence-corrected chi connectivity index (χ2v) is 9.11. The summed E-state index contributed by atoms with van der Waals surface area (Å²) < 4.78 is 35.4. The van der Waals surface area contributed by atoms with Crippen molar-refractivity contribution in [2.45, 2.75) is 63.1 Å². The lowest BCUT2D eigenvalue weighted by Crippen LogP contribution is -2.22.